The molecule has 1 aromatic rings. The molecule has 2 rings (SSSR count). The van der Waals surface area contributed by atoms with Crippen LogP contribution in [0.5, 0.6) is 0 Å². The first-order chi connectivity index (χ1) is 9.46. The fourth-order valence-corrected chi connectivity index (χ4v) is 3.90. The van der Waals surface area contributed by atoms with Crippen molar-refractivity contribution in [1.82, 2.24) is 9.62 Å². The number of nitrogens with zero attached hydrogens (tertiary/aromatic N) is 1. The zero-order valence-corrected chi connectivity index (χ0v) is 12.6. The van der Waals surface area contributed by atoms with Gasteiger partial charge in [-0.1, -0.05) is 11.6 Å². The molecule has 20 heavy (non-hydrogen) atoms. The maximum absolute atomic E-state index is 14.4. The Hall–Kier alpha value is -0.730. The van der Waals surface area contributed by atoms with Crippen LogP contribution in [0.2, 0.25) is 5.02 Å². The highest BCUT2D eigenvalue weighted by atomic mass is 35.5. The van der Waals surface area contributed by atoms with E-state index in [1.165, 1.54) is 10.4 Å². The quantitative estimate of drug-likeness (QED) is 0.905. The first kappa shape index (κ1) is 15.7. The molecular formula is C12H16ClFN2O3S. The molecule has 0 radical (unpaired) electrons. The van der Waals surface area contributed by atoms with E-state index in [0.29, 0.717) is 13.2 Å². The lowest BCUT2D eigenvalue weighted by Gasteiger charge is -2.26. The monoisotopic (exact) mass is 322 g/mol. The van der Waals surface area contributed by atoms with Crippen LogP contribution in [0.4, 0.5) is 4.39 Å². The van der Waals surface area contributed by atoms with Gasteiger partial charge in [0.05, 0.1) is 13.2 Å². The molecule has 5 nitrogen and oxygen atoms in total. The van der Waals surface area contributed by atoms with E-state index in [-0.39, 0.29) is 35.1 Å². The lowest BCUT2D eigenvalue weighted by atomic mass is 10.2. The molecule has 1 saturated heterocycles. The molecule has 1 aromatic carbocycles. The highest BCUT2D eigenvalue weighted by molar-refractivity contribution is 7.89. The maximum atomic E-state index is 14.4. The van der Waals surface area contributed by atoms with Crippen molar-refractivity contribution in [2.75, 3.05) is 33.4 Å². The molecule has 1 fully saturated rings. The van der Waals surface area contributed by atoms with Gasteiger partial charge in [-0.2, -0.15) is 4.31 Å². The first-order valence-electron chi connectivity index (χ1n) is 6.17. The summed E-state index contributed by atoms with van der Waals surface area (Å²) in [6, 6.07) is 2.58. The van der Waals surface area contributed by atoms with Gasteiger partial charge >= 0.3 is 0 Å². The summed E-state index contributed by atoms with van der Waals surface area (Å²) in [5.74, 6) is -0.754. The summed E-state index contributed by atoms with van der Waals surface area (Å²) in [6.07, 6.45) is 0. The van der Waals surface area contributed by atoms with Crippen molar-refractivity contribution in [1.29, 1.82) is 0 Å². The second kappa shape index (κ2) is 6.36. The van der Waals surface area contributed by atoms with Crippen LogP contribution in [0, 0.1) is 5.82 Å². The number of benzene rings is 1. The largest absolute Gasteiger partial charge is 0.379 e. The first-order valence-corrected chi connectivity index (χ1v) is 7.99. The molecule has 0 atom stereocenters. The summed E-state index contributed by atoms with van der Waals surface area (Å²) < 4.78 is 45.6. The summed E-state index contributed by atoms with van der Waals surface area (Å²) in [5, 5.41) is 2.98. The van der Waals surface area contributed by atoms with Gasteiger partial charge in [0.15, 0.2) is 0 Å². The third-order valence-electron chi connectivity index (χ3n) is 3.03. The van der Waals surface area contributed by atoms with Crippen molar-refractivity contribution < 1.29 is 17.5 Å². The Balaban J connectivity index is 2.45. The predicted molar refractivity (Wildman–Crippen MR) is 73.8 cm³/mol. The Labute approximate surface area is 122 Å². The van der Waals surface area contributed by atoms with Crippen molar-refractivity contribution in [2.45, 2.75) is 11.4 Å². The van der Waals surface area contributed by atoms with Crippen LogP contribution in [0.3, 0.4) is 0 Å². The molecule has 1 aliphatic rings. The molecule has 0 aliphatic carbocycles. The number of sulfonamides is 1. The van der Waals surface area contributed by atoms with E-state index in [9.17, 15) is 12.8 Å². The Kier molecular flexibility index (Phi) is 4.98. The normalized spacial score (nSPS) is 17.4. The summed E-state index contributed by atoms with van der Waals surface area (Å²) >= 11 is 5.90. The molecule has 0 unspecified atom stereocenters. The SMILES string of the molecule is CNCc1cc(Cl)cc(S(=O)(=O)N2CCOCC2)c1F. The fraction of sp³-hybridized carbons (Fsp3) is 0.500. The van der Waals surface area contributed by atoms with Gasteiger partial charge in [0.1, 0.15) is 10.7 Å². The molecule has 1 aliphatic heterocycles. The van der Waals surface area contributed by atoms with Crippen LogP contribution in [-0.2, 0) is 21.3 Å². The van der Waals surface area contributed by atoms with Gasteiger partial charge in [0.25, 0.3) is 0 Å². The number of nitrogens with one attached hydrogen (secondary N) is 1. The highest BCUT2D eigenvalue weighted by Crippen LogP contribution is 2.26. The molecule has 112 valence electrons. The summed E-state index contributed by atoms with van der Waals surface area (Å²) in [7, 11) is -2.24. The highest BCUT2D eigenvalue weighted by Gasteiger charge is 2.30. The molecule has 0 bridgehead atoms. The summed E-state index contributed by atoms with van der Waals surface area (Å²) in [6.45, 7) is 1.26. The summed E-state index contributed by atoms with van der Waals surface area (Å²) in [5.41, 5.74) is 0.229. The molecule has 0 saturated carbocycles. The van der Waals surface area contributed by atoms with Gasteiger partial charge in [0.2, 0.25) is 10.0 Å². The van der Waals surface area contributed by atoms with E-state index < -0.39 is 15.8 Å². The van der Waals surface area contributed by atoms with Crippen molar-refractivity contribution in [3.63, 3.8) is 0 Å². The molecule has 8 heteroatoms. The van der Waals surface area contributed by atoms with Crippen LogP contribution < -0.4 is 5.32 Å². The van der Waals surface area contributed by atoms with Crippen molar-refractivity contribution in [3.05, 3.63) is 28.5 Å². The van der Waals surface area contributed by atoms with Gasteiger partial charge < -0.3 is 10.1 Å². The minimum absolute atomic E-state index is 0.198. The van der Waals surface area contributed by atoms with Crippen LogP contribution in [0.15, 0.2) is 17.0 Å². The van der Waals surface area contributed by atoms with E-state index in [0.717, 1.165) is 6.07 Å². The van der Waals surface area contributed by atoms with E-state index in [2.05, 4.69) is 5.32 Å². The van der Waals surface area contributed by atoms with Crippen LogP contribution in [0.1, 0.15) is 5.56 Å². The van der Waals surface area contributed by atoms with Gasteiger partial charge in [-0.15, -0.1) is 0 Å². The Morgan fingerprint density at radius 2 is 2.05 bits per heavy atom. The van der Waals surface area contributed by atoms with Crippen molar-refractivity contribution >= 4 is 21.6 Å². The van der Waals surface area contributed by atoms with Gasteiger partial charge in [-0.25, -0.2) is 12.8 Å². The standard InChI is InChI=1S/C12H16ClFN2O3S/c1-15-8-9-6-10(13)7-11(12(9)14)20(17,18)16-2-4-19-5-3-16/h6-7,15H,2-5,8H2,1H3. The third kappa shape index (κ3) is 3.12. The number of morpholine rings is 1. The smallest absolute Gasteiger partial charge is 0.246 e. The molecular weight excluding hydrogens is 307 g/mol. The Morgan fingerprint density at radius 1 is 1.40 bits per heavy atom. The second-order valence-electron chi connectivity index (χ2n) is 4.42. The van der Waals surface area contributed by atoms with Crippen molar-refractivity contribution in [2.24, 2.45) is 0 Å². The van der Waals surface area contributed by atoms with E-state index >= 15 is 0 Å². The topological polar surface area (TPSA) is 58.6 Å². The van der Waals surface area contributed by atoms with Gasteiger partial charge in [0, 0.05) is 30.2 Å². The lowest BCUT2D eigenvalue weighted by molar-refractivity contribution is 0.0729. The van der Waals surface area contributed by atoms with E-state index in [1.54, 1.807) is 7.05 Å². The van der Waals surface area contributed by atoms with Gasteiger partial charge in [-0.3, -0.25) is 0 Å². The molecule has 0 amide bonds. The average molecular weight is 323 g/mol. The third-order valence-corrected chi connectivity index (χ3v) is 5.15. The average Bonchev–Trinajstić information content (AvgIpc) is 2.43. The number of hydrogen-bond acceptors (Lipinski definition) is 4. The number of ether oxygens (including phenoxy) is 1. The molecule has 0 aromatic heterocycles. The lowest BCUT2D eigenvalue weighted by Crippen LogP contribution is -2.41. The fourth-order valence-electron chi connectivity index (χ4n) is 2.05. The Morgan fingerprint density at radius 3 is 2.65 bits per heavy atom. The van der Waals surface area contributed by atoms with Crippen LogP contribution in [-0.4, -0.2) is 46.1 Å². The molecule has 1 N–H and O–H groups in total. The minimum atomic E-state index is -3.89. The van der Waals surface area contributed by atoms with Crippen molar-refractivity contribution in [3.8, 4) is 0 Å². The van der Waals surface area contributed by atoms with Gasteiger partial charge in [-0.05, 0) is 19.2 Å². The summed E-state index contributed by atoms with van der Waals surface area (Å²) in [4.78, 5) is -0.378. The maximum Gasteiger partial charge on any atom is 0.246 e. The predicted octanol–water partition coefficient (Wildman–Crippen LogP) is 1.22. The van der Waals surface area contributed by atoms with Crippen LogP contribution in [0.25, 0.3) is 0 Å². The molecule has 1 heterocycles. The number of halogens is 2. The zero-order valence-electron chi connectivity index (χ0n) is 11.0. The second-order valence-corrected chi connectivity index (χ2v) is 6.77. The number of rotatable bonds is 4. The molecule has 0 spiro atoms. The van der Waals surface area contributed by atoms with E-state index in [1.807, 2.05) is 0 Å². The zero-order chi connectivity index (χ0) is 14.8. The number of hydrogen-bond donors (Lipinski definition) is 1. The Bertz CT molecular complexity index is 589. The van der Waals surface area contributed by atoms with E-state index in [4.69, 9.17) is 16.3 Å². The minimum Gasteiger partial charge on any atom is -0.379 e. The van der Waals surface area contributed by atoms with Crippen LogP contribution >= 0.6 is 11.6 Å².